The molecule has 1 saturated carbocycles. The zero-order chi connectivity index (χ0) is 10.3. The second kappa shape index (κ2) is 3.32. The summed E-state index contributed by atoms with van der Waals surface area (Å²) in [6.07, 6.45) is 0.872. The number of nitrogens with zero attached hydrogens (tertiary/aromatic N) is 1. The van der Waals surface area contributed by atoms with Crippen molar-refractivity contribution < 1.29 is 0 Å². The van der Waals surface area contributed by atoms with E-state index in [2.05, 4.69) is 29.2 Å². The zero-order valence-corrected chi connectivity index (χ0v) is 9.81. The zero-order valence-electron chi connectivity index (χ0n) is 8.30. The van der Waals surface area contributed by atoms with E-state index in [0.29, 0.717) is 5.92 Å². The largest absolute Gasteiger partial charge is 0.378 e. The normalized spacial score (nSPS) is 23.3. The Hall–Kier alpha value is -0.400. The maximum Gasteiger partial charge on any atom is 0.125 e. The van der Waals surface area contributed by atoms with Crippen LogP contribution in [0.25, 0.3) is 0 Å². The molecule has 1 nitrogen and oxygen atoms in total. The lowest BCUT2D eigenvalue weighted by Crippen LogP contribution is -2.08. The van der Waals surface area contributed by atoms with Gasteiger partial charge in [-0.15, -0.1) is 23.2 Å². The molecule has 1 unspecified atom stereocenters. The molecule has 0 amide bonds. The Kier molecular flexibility index (Phi) is 2.40. The van der Waals surface area contributed by atoms with E-state index in [1.165, 1.54) is 11.3 Å². The summed E-state index contributed by atoms with van der Waals surface area (Å²) < 4.78 is -0.514. The van der Waals surface area contributed by atoms with Crippen molar-refractivity contribution in [3.63, 3.8) is 0 Å². The minimum absolute atomic E-state index is 0.321. The topological polar surface area (TPSA) is 3.24 Å². The van der Waals surface area contributed by atoms with Gasteiger partial charge in [0.2, 0.25) is 0 Å². The van der Waals surface area contributed by atoms with E-state index >= 15 is 0 Å². The second-order valence-electron chi connectivity index (χ2n) is 4.00. The predicted octanol–water partition coefficient (Wildman–Crippen LogP) is 3.41. The Morgan fingerprint density at radius 2 is 1.71 bits per heavy atom. The average molecular weight is 230 g/mol. The van der Waals surface area contributed by atoms with Gasteiger partial charge in [0.05, 0.1) is 0 Å². The molecule has 0 N–H and O–H groups in total. The molecule has 14 heavy (non-hydrogen) atoms. The molecule has 0 aromatic heterocycles. The molecule has 76 valence electrons. The van der Waals surface area contributed by atoms with Crippen molar-refractivity contribution in [1.29, 1.82) is 0 Å². The minimum atomic E-state index is -0.514. The summed E-state index contributed by atoms with van der Waals surface area (Å²) in [5, 5.41) is 0. The number of hydrogen-bond donors (Lipinski definition) is 0. The minimum Gasteiger partial charge on any atom is -0.378 e. The van der Waals surface area contributed by atoms with Gasteiger partial charge in [-0.25, -0.2) is 0 Å². The van der Waals surface area contributed by atoms with E-state index in [9.17, 15) is 0 Å². The van der Waals surface area contributed by atoms with Crippen LogP contribution in [0.3, 0.4) is 0 Å². The van der Waals surface area contributed by atoms with Crippen LogP contribution < -0.4 is 4.90 Å². The van der Waals surface area contributed by atoms with Crippen LogP contribution in [0.15, 0.2) is 24.3 Å². The fraction of sp³-hybridized carbons (Fsp3) is 0.455. The number of hydrogen-bond acceptors (Lipinski definition) is 1. The van der Waals surface area contributed by atoms with Gasteiger partial charge < -0.3 is 4.90 Å². The van der Waals surface area contributed by atoms with Gasteiger partial charge in [-0.3, -0.25) is 0 Å². The van der Waals surface area contributed by atoms with Crippen LogP contribution in [-0.4, -0.2) is 18.4 Å². The van der Waals surface area contributed by atoms with Crippen molar-refractivity contribution in [2.75, 3.05) is 19.0 Å². The van der Waals surface area contributed by atoms with Gasteiger partial charge >= 0.3 is 0 Å². The quantitative estimate of drug-likeness (QED) is 0.703. The molecule has 1 aliphatic carbocycles. The first kappa shape index (κ1) is 10.1. The fourth-order valence-electron chi connectivity index (χ4n) is 1.58. The van der Waals surface area contributed by atoms with E-state index < -0.39 is 4.33 Å². The molecule has 3 heteroatoms. The van der Waals surface area contributed by atoms with Crippen LogP contribution >= 0.6 is 23.2 Å². The summed E-state index contributed by atoms with van der Waals surface area (Å²) in [7, 11) is 4.05. The van der Waals surface area contributed by atoms with Crippen molar-refractivity contribution >= 4 is 28.9 Å². The third-order valence-corrected chi connectivity index (χ3v) is 3.47. The summed E-state index contributed by atoms with van der Waals surface area (Å²) >= 11 is 12.0. The van der Waals surface area contributed by atoms with Crippen LogP contribution in [-0.2, 0) is 0 Å². The van der Waals surface area contributed by atoms with Gasteiger partial charge in [0.1, 0.15) is 4.33 Å². The lowest BCUT2D eigenvalue weighted by molar-refractivity contribution is 1.09. The van der Waals surface area contributed by atoms with Gasteiger partial charge in [-0.1, -0.05) is 12.1 Å². The van der Waals surface area contributed by atoms with Crippen LogP contribution in [0.4, 0.5) is 5.69 Å². The molecular weight excluding hydrogens is 217 g/mol. The maximum atomic E-state index is 6.00. The highest BCUT2D eigenvalue weighted by molar-refractivity contribution is 6.51. The smallest absolute Gasteiger partial charge is 0.125 e. The van der Waals surface area contributed by atoms with Crippen molar-refractivity contribution in [2.45, 2.75) is 16.7 Å². The monoisotopic (exact) mass is 229 g/mol. The number of anilines is 1. The number of benzene rings is 1. The first-order chi connectivity index (χ1) is 6.50. The molecule has 0 aliphatic heterocycles. The van der Waals surface area contributed by atoms with Crippen molar-refractivity contribution in [1.82, 2.24) is 0 Å². The Balaban J connectivity index is 2.16. The van der Waals surface area contributed by atoms with Gasteiger partial charge in [0.25, 0.3) is 0 Å². The third-order valence-electron chi connectivity index (χ3n) is 2.64. The Morgan fingerprint density at radius 3 is 2.07 bits per heavy atom. The second-order valence-corrected chi connectivity index (χ2v) is 5.55. The summed E-state index contributed by atoms with van der Waals surface area (Å²) in [6, 6.07) is 8.40. The summed E-state index contributed by atoms with van der Waals surface area (Å²) in [5.74, 6) is 0.321. The van der Waals surface area contributed by atoms with Gasteiger partial charge in [0, 0.05) is 25.7 Å². The molecule has 0 bridgehead atoms. The van der Waals surface area contributed by atoms with Crippen molar-refractivity contribution in [3.8, 4) is 0 Å². The van der Waals surface area contributed by atoms with Gasteiger partial charge in [0.15, 0.2) is 0 Å². The molecular formula is C11H13Cl2N. The third kappa shape index (κ3) is 1.84. The lowest BCUT2D eigenvalue weighted by Gasteiger charge is -2.12. The molecule has 0 saturated heterocycles. The molecule has 1 fully saturated rings. The average Bonchev–Trinajstić information content (AvgIpc) is 2.75. The highest BCUT2D eigenvalue weighted by atomic mass is 35.5. The SMILES string of the molecule is CN(C)c1ccc(C2CC2(Cl)Cl)cc1. The number of alkyl halides is 2. The lowest BCUT2D eigenvalue weighted by atomic mass is 10.1. The molecule has 1 atom stereocenters. The molecule has 0 radical (unpaired) electrons. The predicted molar refractivity (Wildman–Crippen MR) is 62.6 cm³/mol. The molecule has 1 aliphatic rings. The van der Waals surface area contributed by atoms with E-state index in [-0.39, 0.29) is 0 Å². The molecule has 1 aromatic carbocycles. The summed E-state index contributed by atoms with van der Waals surface area (Å²) in [4.78, 5) is 2.07. The first-order valence-electron chi connectivity index (χ1n) is 4.66. The molecule has 0 heterocycles. The molecule has 1 aromatic rings. The summed E-state index contributed by atoms with van der Waals surface area (Å²) in [5.41, 5.74) is 2.43. The van der Waals surface area contributed by atoms with Crippen LogP contribution in [0, 0.1) is 0 Å². The van der Waals surface area contributed by atoms with Crippen molar-refractivity contribution in [3.05, 3.63) is 29.8 Å². The highest BCUT2D eigenvalue weighted by Crippen LogP contribution is 2.59. The maximum absolute atomic E-state index is 6.00. The standard InChI is InChI=1S/C11H13Cl2N/c1-14(2)9-5-3-8(4-6-9)10-7-11(10,12)13/h3-6,10H,7H2,1-2H3. The Labute approximate surface area is 94.6 Å². The first-order valence-corrected chi connectivity index (χ1v) is 5.41. The Morgan fingerprint density at radius 1 is 1.21 bits per heavy atom. The number of halogens is 2. The fourth-order valence-corrected chi connectivity index (χ4v) is 2.14. The van der Waals surface area contributed by atoms with E-state index in [1.807, 2.05) is 14.1 Å². The highest BCUT2D eigenvalue weighted by Gasteiger charge is 2.52. The van der Waals surface area contributed by atoms with E-state index in [0.717, 1.165) is 6.42 Å². The van der Waals surface area contributed by atoms with Gasteiger partial charge in [-0.2, -0.15) is 0 Å². The van der Waals surface area contributed by atoms with Crippen molar-refractivity contribution in [2.24, 2.45) is 0 Å². The van der Waals surface area contributed by atoms with Crippen LogP contribution in [0.5, 0.6) is 0 Å². The van der Waals surface area contributed by atoms with E-state index in [4.69, 9.17) is 23.2 Å². The van der Waals surface area contributed by atoms with E-state index in [1.54, 1.807) is 0 Å². The summed E-state index contributed by atoms with van der Waals surface area (Å²) in [6.45, 7) is 0. The number of rotatable bonds is 2. The molecule has 0 spiro atoms. The molecule has 2 rings (SSSR count). The van der Waals surface area contributed by atoms with Crippen LogP contribution in [0.2, 0.25) is 0 Å². The van der Waals surface area contributed by atoms with Gasteiger partial charge in [-0.05, 0) is 24.1 Å². The van der Waals surface area contributed by atoms with Crippen LogP contribution in [0.1, 0.15) is 17.9 Å². The Bertz CT molecular complexity index is 330.